The lowest BCUT2D eigenvalue weighted by Crippen LogP contribution is -2.27. The third kappa shape index (κ3) is 2.33. The minimum absolute atomic E-state index is 0.205. The fraction of sp³-hybridized carbons (Fsp3) is 0.583. The first-order chi connectivity index (χ1) is 7.68. The van der Waals surface area contributed by atoms with E-state index in [1.165, 1.54) is 11.3 Å². The van der Waals surface area contributed by atoms with Crippen molar-refractivity contribution in [2.75, 3.05) is 27.2 Å². The van der Waals surface area contributed by atoms with Gasteiger partial charge in [-0.05, 0) is 25.7 Å². The van der Waals surface area contributed by atoms with E-state index in [1.807, 2.05) is 29.8 Å². The van der Waals surface area contributed by atoms with Crippen molar-refractivity contribution in [3.05, 3.63) is 23.5 Å². The van der Waals surface area contributed by atoms with Crippen molar-refractivity contribution in [2.24, 2.45) is 0 Å². The van der Waals surface area contributed by atoms with Gasteiger partial charge in [-0.25, -0.2) is 0 Å². The van der Waals surface area contributed by atoms with Gasteiger partial charge in [-0.3, -0.25) is 9.36 Å². The molecule has 0 unspecified atom stereocenters. The number of rotatable bonds is 3. The average molecular weight is 221 g/mol. The van der Waals surface area contributed by atoms with Crippen LogP contribution in [0.4, 0.5) is 0 Å². The Morgan fingerprint density at radius 3 is 3.12 bits per heavy atom. The molecule has 16 heavy (non-hydrogen) atoms. The molecule has 2 heterocycles. The maximum absolute atomic E-state index is 12.0. The second-order valence-electron chi connectivity index (χ2n) is 4.53. The zero-order valence-electron chi connectivity index (χ0n) is 9.99. The van der Waals surface area contributed by atoms with Crippen molar-refractivity contribution in [1.82, 2.24) is 14.8 Å². The maximum Gasteiger partial charge on any atom is 0.232 e. The number of hydrogen-bond acceptors (Lipinski definition) is 3. The van der Waals surface area contributed by atoms with Gasteiger partial charge in [-0.2, -0.15) is 0 Å². The molecule has 2 rings (SSSR count). The second-order valence-corrected chi connectivity index (χ2v) is 4.53. The maximum atomic E-state index is 12.0. The average Bonchev–Trinajstić information content (AvgIpc) is 2.69. The van der Waals surface area contributed by atoms with E-state index in [0.717, 1.165) is 26.1 Å². The third-order valence-electron chi connectivity index (χ3n) is 2.98. The predicted octanol–water partition coefficient (Wildman–Crippen LogP) is 0.726. The summed E-state index contributed by atoms with van der Waals surface area (Å²) in [4.78, 5) is 14.0. The summed E-state index contributed by atoms with van der Waals surface area (Å²) in [5, 5.41) is 3.31. The topological polar surface area (TPSA) is 37.3 Å². The van der Waals surface area contributed by atoms with E-state index in [0.29, 0.717) is 6.42 Å². The van der Waals surface area contributed by atoms with Gasteiger partial charge in [-0.1, -0.05) is 0 Å². The molecule has 88 valence electrons. The molecule has 0 aliphatic carbocycles. The fourth-order valence-electron chi connectivity index (χ4n) is 2.05. The molecule has 4 heteroatoms. The molecule has 0 radical (unpaired) electrons. The Morgan fingerprint density at radius 1 is 1.56 bits per heavy atom. The van der Waals surface area contributed by atoms with Gasteiger partial charge in [0.15, 0.2) is 0 Å². The summed E-state index contributed by atoms with van der Waals surface area (Å²) in [6.07, 6.45) is 3.45. The van der Waals surface area contributed by atoms with E-state index in [9.17, 15) is 4.79 Å². The van der Waals surface area contributed by atoms with Gasteiger partial charge in [0.1, 0.15) is 0 Å². The van der Waals surface area contributed by atoms with Crippen molar-refractivity contribution < 1.29 is 4.79 Å². The molecule has 0 saturated carbocycles. The number of aromatic nitrogens is 1. The van der Waals surface area contributed by atoms with Gasteiger partial charge in [-0.15, -0.1) is 0 Å². The molecule has 0 atom stereocenters. The molecular weight excluding hydrogens is 202 g/mol. The minimum Gasteiger partial charge on any atom is -0.312 e. The largest absolute Gasteiger partial charge is 0.312 e. The third-order valence-corrected chi connectivity index (χ3v) is 2.98. The number of carbonyl (C=O) groups is 1. The van der Waals surface area contributed by atoms with Gasteiger partial charge in [0, 0.05) is 44.4 Å². The molecule has 4 nitrogen and oxygen atoms in total. The Kier molecular flexibility index (Phi) is 3.41. The summed E-state index contributed by atoms with van der Waals surface area (Å²) in [5.41, 5.74) is 2.46. The van der Waals surface area contributed by atoms with E-state index < -0.39 is 0 Å². The minimum atomic E-state index is 0.205. The summed E-state index contributed by atoms with van der Waals surface area (Å²) in [6, 6.07) is 2.05. The van der Waals surface area contributed by atoms with Gasteiger partial charge < -0.3 is 10.2 Å². The fourth-order valence-corrected chi connectivity index (χ4v) is 2.05. The Balaban J connectivity index is 2.08. The summed E-state index contributed by atoms with van der Waals surface area (Å²) < 4.78 is 1.83. The van der Waals surface area contributed by atoms with E-state index in [1.54, 1.807) is 0 Å². The quantitative estimate of drug-likeness (QED) is 0.817. The summed E-state index contributed by atoms with van der Waals surface area (Å²) >= 11 is 0. The highest BCUT2D eigenvalue weighted by Gasteiger charge is 2.16. The number of carbonyl (C=O) groups excluding carboxylic acids is 1. The van der Waals surface area contributed by atoms with Crippen LogP contribution in [0.2, 0.25) is 0 Å². The van der Waals surface area contributed by atoms with Crippen LogP contribution in [0.25, 0.3) is 0 Å². The molecule has 0 spiro atoms. The van der Waals surface area contributed by atoms with Crippen molar-refractivity contribution >= 4 is 5.91 Å². The first-order valence-corrected chi connectivity index (χ1v) is 5.76. The summed E-state index contributed by atoms with van der Waals surface area (Å²) in [6.45, 7) is 2.67. The van der Waals surface area contributed by atoms with Crippen molar-refractivity contribution in [3.8, 4) is 0 Å². The molecular formula is C12H19N3O. The highest BCUT2D eigenvalue weighted by Crippen LogP contribution is 2.15. The molecule has 1 N–H and O–H groups in total. The van der Waals surface area contributed by atoms with Crippen molar-refractivity contribution in [3.63, 3.8) is 0 Å². The Labute approximate surface area is 96.2 Å². The lowest BCUT2D eigenvalue weighted by atomic mass is 10.1. The molecule has 1 aromatic rings. The van der Waals surface area contributed by atoms with E-state index in [2.05, 4.69) is 11.4 Å². The van der Waals surface area contributed by atoms with Crippen LogP contribution in [0.5, 0.6) is 0 Å². The standard InChI is InChI=1S/C12H19N3O/c1-14(2)7-5-12(16)15-8-4-10-9-13-6-3-11(10)15/h4,8,13H,3,5-7,9H2,1-2H3. The van der Waals surface area contributed by atoms with Crippen LogP contribution in [0.15, 0.2) is 12.3 Å². The highest BCUT2D eigenvalue weighted by molar-refractivity contribution is 5.80. The van der Waals surface area contributed by atoms with E-state index in [4.69, 9.17) is 0 Å². The second kappa shape index (κ2) is 4.80. The van der Waals surface area contributed by atoms with Crippen LogP contribution >= 0.6 is 0 Å². The lowest BCUT2D eigenvalue weighted by molar-refractivity contribution is 0.0888. The molecule has 1 aromatic heterocycles. The van der Waals surface area contributed by atoms with Gasteiger partial charge in [0.25, 0.3) is 0 Å². The SMILES string of the molecule is CN(C)CCC(=O)n1ccc2c1CCNC2. The van der Waals surface area contributed by atoms with Gasteiger partial charge in [0.2, 0.25) is 5.91 Å². The van der Waals surface area contributed by atoms with Crippen LogP contribution in [-0.4, -0.2) is 42.6 Å². The molecule has 1 aliphatic heterocycles. The lowest BCUT2D eigenvalue weighted by Gasteiger charge is -2.16. The normalized spacial score (nSPS) is 15.2. The molecule has 1 aliphatic rings. The monoisotopic (exact) mass is 221 g/mol. The van der Waals surface area contributed by atoms with Gasteiger partial charge in [0.05, 0.1) is 0 Å². The zero-order chi connectivity index (χ0) is 11.5. The van der Waals surface area contributed by atoms with Crippen molar-refractivity contribution in [2.45, 2.75) is 19.4 Å². The van der Waals surface area contributed by atoms with E-state index >= 15 is 0 Å². The van der Waals surface area contributed by atoms with Crippen LogP contribution in [0, 0.1) is 0 Å². The van der Waals surface area contributed by atoms with Gasteiger partial charge >= 0.3 is 0 Å². The van der Waals surface area contributed by atoms with Crippen LogP contribution in [-0.2, 0) is 13.0 Å². The Bertz CT molecular complexity index is 382. The first-order valence-electron chi connectivity index (χ1n) is 5.76. The van der Waals surface area contributed by atoms with Crippen LogP contribution in [0.1, 0.15) is 22.5 Å². The number of fused-ring (bicyclic) bond motifs is 1. The predicted molar refractivity (Wildman–Crippen MR) is 63.6 cm³/mol. The molecule has 0 amide bonds. The number of nitrogens with one attached hydrogen (secondary N) is 1. The Hall–Kier alpha value is -1.13. The number of hydrogen-bond donors (Lipinski definition) is 1. The summed E-state index contributed by atoms with van der Waals surface area (Å²) in [7, 11) is 3.98. The summed E-state index contributed by atoms with van der Waals surface area (Å²) in [5.74, 6) is 0.205. The molecule has 0 bridgehead atoms. The molecule has 0 aromatic carbocycles. The Morgan fingerprint density at radius 2 is 2.38 bits per heavy atom. The first kappa shape index (κ1) is 11.4. The van der Waals surface area contributed by atoms with E-state index in [-0.39, 0.29) is 5.91 Å². The smallest absolute Gasteiger partial charge is 0.232 e. The molecule has 0 saturated heterocycles. The number of nitrogens with zero attached hydrogens (tertiary/aromatic N) is 2. The van der Waals surface area contributed by atoms with Crippen LogP contribution < -0.4 is 5.32 Å². The highest BCUT2D eigenvalue weighted by atomic mass is 16.2. The molecule has 0 fully saturated rings. The van der Waals surface area contributed by atoms with Crippen molar-refractivity contribution in [1.29, 1.82) is 0 Å². The van der Waals surface area contributed by atoms with Crippen LogP contribution in [0.3, 0.4) is 0 Å². The zero-order valence-corrected chi connectivity index (χ0v) is 9.99.